The van der Waals surface area contributed by atoms with Gasteiger partial charge in [0, 0.05) is 31.1 Å². The van der Waals surface area contributed by atoms with Gasteiger partial charge >= 0.3 is 0 Å². The van der Waals surface area contributed by atoms with Crippen LogP contribution in [-0.4, -0.2) is 34.7 Å². The molecule has 21 heavy (non-hydrogen) atoms. The van der Waals surface area contributed by atoms with E-state index < -0.39 is 4.92 Å². The first-order valence-electron chi connectivity index (χ1n) is 6.42. The lowest BCUT2D eigenvalue weighted by atomic mass is 9.96. The van der Waals surface area contributed by atoms with Gasteiger partial charge in [0.25, 0.3) is 11.6 Å². The zero-order valence-electron chi connectivity index (χ0n) is 11.1. The van der Waals surface area contributed by atoms with E-state index in [1.54, 1.807) is 0 Å². The molecule has 1 aliphatic heterocycles. The second kappa shape index (κ2) is 6.09. The molecule has 7 nitrogen and oxygen atoms in total. The summed E-state index contributed by atoms with van der Waals surface area (Å²) in [4.78, 5) is 35.2. The Morgan fingerprint density at radius 1 is 1.33 bits per heavy atom. The highest BCUT2D eigenvalue weighted by molar-refractivity contribution is 6.33. The number of nitrogens with two attached hydrogens (primary N) is 1. The molecule has 1 aromatic rings. The molecule has 8 heteroatoms. The Balaban J connectivity index is 2.16. The number of nitro benzene ring substituents is 1. The Morgan fingerprint density at radius 3 is 2.48 bits per heavy atom. The Kier molecular flexibility index (Phi) is 4.42. The average molecular weight is 312 g/mol. The fraction of sp³-hybridized carbons (Fsp3) is 0.385. The van der Waals surface area contributed by atoms with Gasteiger partial charge in [-0.25, -0.2) is 0 Å². The van der Waals surface area contributed by atoms with Gasteiger partial charge in [0.15, 0.2) is 0 Å². The van der Waals surface area contributed by atoms with Gasteiger partial charge in [-0.05, 0) is 18.9 Å². The van der Waals surface area contributed by atoms with Gasteiger partial charge in [0.05, 0.1) is 15.5 Å². The predicted octanol–water partition coefficient (Wildman–Crippen LogP) is 1.59. The van der Waals surface area contributed by atoms with E-state index >= 15 is 0 Å². The topological polar surface area (TPSA) is 107 Å². The largest absolute Gasteiger partial charge is 0.369 e. The first-order valence-corrected chi connectivity index (χ1v) is 6.80. The third-order valence-corrected chi connectivity index (χ3v) is 3.91. The van der Waals surface area contributed by atoms with E-state index in [1.165, 1.54) is 23.1 Å². The van der Waals surface area contributed by atoms with E-state index in [0.29, 0.717) is 25.9 Å². The number of halogens is 1. The summed E-state index contributed by atoms with van der Waals surface area (Å²) in [6, 6.07) is 3.76. The molecule has 1 heterocycles. The predicted molar refractivity (Wildman–Crippen MR) is 75.9 cm³/mol. The summed E-state index contributed by atoms with van der Waals surface area (Å²) in [5.41, 5.74) is 5.15. The zero-order chi connectivity index (χ0) is 15.6. The summed E-state index contributed by atoms with van der Waals surface area (Å²) in [6.45, 7) is 0.761. The van der Waals surface area contributed by atoms with Crippen LogP contribution in [0.2, 0.25) is 5.02 Å². The minimum absolute atomic E-state index is 0.100. The quantitative estimate of drug-likeness (QED) is 0.675. The molecule has 0 spiro atoms. The minimum Gasteiger partial charge on any atom is -0.369 e. The van der Waals surface area contributed by atoms with Gasteiger partial charge in [0.1, 0.15) is 0 Å². The van der Waals surface area contributed by atoms with Crippen LogP contribution in [0.1, 0.15) is 23.2 Å². The molecular formula is C13H14ClN3O4. The van der Waals surface area contributed by atoms with Gasteiger partial charge in [-0.2, -0.15) is 0 Å². The monoisotopic (exact) mass is 311 g/mol. The molecule has 0 radical (unpaired) electrons. The van der Waals surface area contributed by atoms with Gasteiger partial charge in [0.2, 0.25) is 5.91 Å². The minimum atomic E-state index is -0.577. The SMILES string of the molecule is NC(=O)C1CCN(C(=O)c2cc([N+](=O)[O-])ccc2Cl)CC1. The fourth-order valence-corrected chi connectivity index (χ4v) is 2.53. The van der Waals surface area contributed by atoms with E-state index in [9.17, 15) is 19.7 Å². The number of likely N-dealkylation sites (tertiary alicyclic amines) is 1. The second-order valence-corrected chi connectivity index (χ2v) is 5.30. The van der Waals surface area contributed by atoms with Crippen molar-refractivity contribution in [3.05, 3.63) is 38.9 Å². The second-order valence-electron chi connectivity index (χ2n) is 4.89. The maximum absolute atomic E-state index is 12.4. The van der Waals surface area contributed by atoms with E-state index in [1.807, 2.05) is 0 Å². The zero-order valence-corrected chi connectivity index (χ0v) is 11.9. The van der Waals surface area contributed by atoms with Crippen molar-refractivity contribution in [2.24, 2.45) is 11.7 Å². The molecule has 0 unspecified atom stereocenters. The Bertz CT molecular complexity index is 597. The summed E-state index contributed by atoms with van der Waals surface area (Å²) in [6.07, 6.45) is 0.987. The maximum atomic E-state index is 12.4. The highest BCUT2D eigenvalue weighted by atomic mass is 35.5. The fourth-order valence-electron chi connectivity index (χ4n) is 2.33. The Morgan fingerprint density at radius 2 is 1.95 bits per heavy atom. The number of non-ortho nitro benzene ring substituents is 1. The summed E-state index contributed by atoms with van der Waals surface area (Å²) < 4.78 is 0. The van der Waals surface area contributed by atoms with Crippen LogP contribution >= 0.6 is 11.6 Å². The summed E-state index contributed by atoms with van der Waals surface area (Å²) in [5.74, 6) is -0.961. The van der Waals surface area contributed by atoms with Crippen molar-refractivity contribution in [2.45, 2.75) is 12.8 Å². The van der Waals surface area contributed by atoms with Crippen molar-refractivity contribution in [1.29, 1.82) is 0 Å². The van der Waals surface area contributed by atoms with E-state index in [2.05, 4.69) is 0 Å². The average Bonchev–Trinajstić information content (AvgIpc) is 2.47. The van der Waals surface area contributed by atoms with Crippen molar-refractivity contribution in [3.8, 4) is 0 Å². The molecular weight excluding hydrogens is 298 g/mol. The molecule has 2 N–H and O–H groups in total. The van der Waals surface area contributed by atoms with Crippen LogP contribution in [0.5, 0.6) is 0 Å². The van der Waals surface area contributed by atoms with E-state index in [-0.39, 0.29) is 34.0 Å². The number of benzene rings is 1. The van der Waals surface area contributed by atoms with Gasteiger partial charge in [-0.15, -0.1) is 0 Å². The van der Waals surface area contributed by atoms with Crippen LogP contribution < -0.4 is 5.73 Å². The molecule has 1 fully saturated rings. The van der Waals surface area contributed by atoms with Crippen LogP contribution in [0.3, 0.4) is 0 Å². The first-order chi connectivity index (χ1) is 9.90. The molecule has 0 atom stereocenters. The number of rotatable bonds is 3. The molecule has 2 rings (SSSR count). The van der Waals surface area contributed by atoms with Crippen LogP contribution in [0.15, 0.2) is 18.2 Å². The van der Waals surface area contributed by atoms with E-state index in [4.69, 9.17) is 17.3 Å². The smallest absolute Gasteiger partial charge is 0.270 e. The molecule has 1 aliphatic rings. The lowest BCUT2D eigenvalue weighted by molar-refractivity contribution is -0.384. The van der Waals surface area contributed by atoms with Crippen LogP contribution in [-0.2, 0) is 4.79 Å². The molecule has 1 aromatic carbocycles. The molecule has 0 aromatic heterocycles. The van der Waals surface area contributed by atoms with Gasteiger partial charge < -0.3 is 10.6 Å². The van der Waals surface area contributed by atoms with Crippen molar-refractivity contribution in [1.82, 2.24) is 4.90 Å². The number of piperidine rings is 1. The summed E-state index contributed by atoms with van der Waals surface area (Å²) in [5, 5.41) is 10.9. The van der Waals surface area contributed by atoms with E-state index in [0.717, 1.165) is 0 Å². The third-order valence-electron chi connectivity index (χ3n) is 3.58. The van der Waals surface area contributed by atoms with Crippen LogP contribution in [0, 0.1) is 16.0 Å². The highest BCUT2D eigenvalue weighted by Crippen LogP contribution is 2.25. The Labute approximate surface area is 125 Å². The van der Waals surface area contributed by atoms with Crippen LogP contribution in [0.25, 0.3) is 0 Å². The van der Waals surface area contributed by atoms with Gasteiger partial charge in [-0.1, -0.05) is 11.6 Å². The summed E-state index contributed by atoms with van der Waals surface area (Å²) in [7, 11) is 0. The lowest BCUT2D eigenvalue weighted by Gasteiger charge is -2.30. The van der Waals surface area contributed by atoms with Crippen molar-refractivity contribution < 1.29 is 14.5 Å². The number of hydrogen-bond acceptors (Lipinski definition) is 4. The number of hydrogen-bond donors (Lipinski definition) is 1. The maximum Gasteiger partial charge on any atom is 0.270 e. The third kappa shape index (κ3) is 3.30. The summed E-state index contributed by atoms with van der Waals surface area (Å²) >= 11 is 5.95. The standard InChI is InChI=1S/C13H14ClN3O4/c14-11-2-1-9(17(20)21)7-10(11)13(19)16-5-3-8(4-6-16)12(15)18/h1-2,7-8H,3-6H2,(H2,15,18). The Hall–Kier alpha value is -2.15. The molecule has 0 aliphatic carbocycles. The number of nitro groups is 1. The highest BCUT2D eigenvalue weighted by Gasteiger charge is 2.28. The van der Waals surface area contributed by atoms with Crippen molar-refractivity contribution in [2.75, 3.05) is 13.1 Å². The van der Waals surface area contributed by atoms with Gasteiger partial charge in [-0.3, -0.25) is 19.7 Å². The van der Waals surface area contributed by atoms with Crippen LogP contribution in [0.4, 0.5) is 5.69 Å². The van der Waals surface area contributed by atoms with Crippen molar-refractivity contribution in [3.63, 3.8) is 0 Å². The molecule has 0 saturated carbocycles. The lowest BCUT2D eigenvalue weighted by Crippen LogP contribution is -2.41. The molecule has 0 bridgehead atoms. The number of nitrogens with zero attached hydrogens (tertiary/aromatic N) is 2. The number of carbonyl (C=O) groups is 2. The normalized spacial score (nSPS) is 15.8. The molecule has 2 amide bonds. The molecule has 112 valence electrons. The molecule has 1 saturated heterocycles. The first kappa shape index (κ1) is 15.2. The van der Waals surface area contributed by atoms with Crippen molar-refractivity contribution >= 4 is 29.1 Å². The number of carbonyl (C=O) groups excluding carboxylic acids is 2. The number of primary amides is 1. The number of amides is 2.